The lowest BCUT2D eigenvalue weighted by atomic mass is 9.74. The fourth-order valence-corrected chi connectivity index (χ4v) is 2.91. The summed E-state index contributed by atoms with van der Waals surface area (Å²) >= 11 is 3.60. The highest BCUT2D eigenvalue weighted by molar-refractivity contribution is 9.10. The Bertz CT molecular complexity index is 518. The predicted octanol–water partition coefficient (Wildman–Crippen LogP) is 4.33. The third kappa shape index (κ3) is 3.07. The van der Waals surface area contributed by atoms with Crippen molar-refractivity contribution in [2.24, 2.45) is 0 Å². The van der Waals surface area contributed by atoms with E-state index in [2.05, 4.69) is 47.1 Å². The molecular formula is C17H19BrO. The fourth-order valence-electron chi connectivity index (χ4n) is 2.49. The van der Waals surface area contributed by atoms with Gasteiger partial charge in [0.15, 0.2) is 0 Å². The van der Waals surface area contributed by atoms with Gasteiger partial charge in [-0.2, -0.15) is 0 Å². The Morgan fingerprint density at radius 1 is 1.00 bits per heavy atom. The summed E-state index contributed by atoms with van der Waals surface area (Å²) in [5, 5.41) is 9.97. The van der Waals surface area contributed by atoms with Crippen LogP contribution < -0.4 is 0 Å². The minimum Gasteiger partial charge on any atom is -0.395 e. The lowest BCUT2D eigenvalue weighted by molar-refractivity contribution is 0.186. The largest absolute Gasteiger partial charge is 0.395 e. The molecule has 2 rings (SSSR count). The zero-order chi connectivity index (χ0) is 13.7. The molecular weight excluding hydrogens is 300 g/mol. The van der Waals surface area contributed by atoms with Gasteiger partial charge < -0.3 is 5.11 Å². The number of hydrogen-bond acceptors (Lipinski definition) is 1. The molecule has 19 heavy (non-hydrogen) atoms. The molecule has 0 aliphatic heterocycles. The van der Waals surface area contributed by atoms with E-state index in [1.54, 1.807) is 0 Å². The first-order valence-corrected chi connectivity index (χ1v) is 7.41. The third-order valence-electron chi connectivity index (χ3n) is 3.85. The van der Waals surface area contributed by atoms with Crippen LogP contribution in [0.2, 0.25) is 0 Å². The van der Waals surface area contributed by atoms with E-state index < -0.39 is 0 Å². The van der Waals surface area contributed by atoms with Crippen LogP contribution in [0, 0.1) is 0 Å². The SMILES string of the molecule is CCC(CO)(Cc1ccccc1Br)c1ccccc1. The molecule has 0 saturated carbocycles. The Balaban J connectivity index is 2.38. The minimum atomic E-state index is -0.203. The molecule has 1 N–H and O–H groups in total. The van der Waals surface area contributed by atoms with E-state index in [1.165, 1.54) is 11.1 Å². The second-order valence-electron chi connectivity index (χ2n) is 4.93. The minimum absolute atomic E-state index is 0.162. The molecule has 0 bridgehead atoms. The lowest BCUT2D eigenvalue weighted by Gasteiger charge is -2.32. The summed E-state index contributed by atoms with van der Waals surface area (Å²) in [7, 11) is 0. The summed E-state index contributed by atoms with van der Waals surface area (Å²) in [6.45, 7) is 2.30. The van der Waals surface area contributed by atoms with Crippen LogP contribution >= 0.6 is 15.9 Å². The van der Waals surface area contributed by atoms with Crippen molar-refractivity contribution in [3.63, 3.8) is 0 Å². The van der Waals surface area contributed by atoms with E-state index >= 15 is 0 Å². The summed E-state index contributed by atoms with van der Waals surface area (Å²) in [5.74, 6) is 0. The normalized spacial score (nSPS) is 14.1. The van der Waals surface area contributed by atoms with Gasteiger partial charge in [-0.3, -0.25) is 0 Å². The molecule has 2 aromatic carbocycles. The second kappa shape index (κ2) is 6.36. The van der Waals surface area contributed by atoms with E-state index in [9.17, 15) is 5.11 Å². The molecule has 0 heterocycles. The maximum absolute atomic E-state index is 9.97. The molecule has 1 unspecified atom stereocenters. The summed E-state index contributed by atoms with van der Waals surface area (Å²) < 4.78 is 1.11. The number of benzene rings is 2. The zero-order valence-corrected chi connectivity index (χ0v) is 12.7. The lowest BCUT2D eigenvalue weighted by Crippen LogP contribution is -2.32. The number of aliphatic hydroxyl groups excluding tert-OH is 1. The van der Waals surface area contributed by atoms with E-state index in [0.717, 1.165) is 17.3 Å². The van der Waals surface area contributed by atoms with Crippen LogP contribution in [0.5, 0.6) is 0 Å². The molecule has 100 valence electrons. The Kier molecular flexibility index (Phi) is 4.78. The van der Waals surface area contributed by atoms with Crippen molar-refractivity contribution in [2.45, 2.75) is 25.2 Å². The Labute approximate surface area is 123 Å². The summed E-state index contributed by atoms with van der Waals surface area (Å²) in [4.78, 5) is 0. The fraction of sp³-hybridized carbons (Fsp3) is 0.294. The van der Waals surface area contributed by atoms with E-state index in [-0.39, 0.29) is 12.0 Å². The Hall–Kier alpha value is -1.12. The number of aliphatic hydroxyl groups is 1. The maximum atomic E-state index is 9.97. The first kappa shape index (κ1) is 14.3. The Morgan fingerprint density at radius 3 is 2.21 bits per heavy atom. The molecule has 0 aromatic heterocycles. The van der Waals surface area contributed by atoms with Crippen LogP contribution in [0.4, 0.5) is 0 Å². The van der Waals surface area contributed by atoms with Gasteiger partial charge in [-0.25, -0.2) is 0 Å². The van der Waals surface area contributed by atoms with Crippen LogP contribution in [0.25, 0.3) is 0 Å². The standard InChI is InChI=1S/C17H19BrO/c1-2-17(13-19,15-9-4-3-5-10-15)12-14-8-6-7-11-16(14)18/h3-11,19H,2,12-13H2,1H3. The van der Waals surface area contributed by atoms with Gasteiger partial charge in [0.1, 0.15) is 0 Å². The average molecular weight is 319 g/mol. The molecule has 0 spiro atoms. The van der Waals surface area contributed by atoms with Crippen LogP contribution in [0.1, 0.15) is 24.5 Å². The van der Waals surface area contributed by atoms with Gasteiger partial charge in [0.25, 0.3) is 0 Å². The van der Waals surface area contributed by atoms with Crippen molar-refractivity contribution < 1.29 is 5.11 Å². The molecule has 2 heteroatoms. The van der Waals surface area contributed by atoms with Gasteiger partial charge in [-0.05, 0) is 30.0 Å². The highest BCUT2D eigenvalue weighted by Gasteiger charge is 2.30. The quantitative estimate of drug-likeness (QED) is 0.869. The second-order valence-corrected chi connectivity index (χ2v) is 5.78. The van der Waals surface area contributed by atoms with Gasteiger partial charge >= 0.3 is 0 Å². The molecule has 0 amide bonds. The third-order valence-corrected chi connectivity index (χ3v) is 4.63. The Morgan fingerprint density at radius 2 is 1.63 bits per heavy atom. The van der Waals surface area contributed by atoms with Crippen molar-refractivity contribution in [1.82, 2.24) is 0 Å². The maximum Gasteiger partial charge on any atom is 0.0531 e. The molecule has 2 aromatic rings. The van der Waals surface area contributed by atoms with Gasteiger partial charge in [0.05, 0.1) is 6.61 Å². The smallest absolute Gasteiger partial charge is 0.0531 e. The first-order chi connectivity index (χ1) is 9.22. The van der Waals surface area contributed by atoms with Crippen LogP contribution in [0.15, 0.2) is 59.1 Å². The van der Waals surface area contributed by atoms with Crippen molar-refractivity contribution in [1.29, 1.82) is 0 Å². The average Bonchev–Trinajstić information content (AvgIpc) is 2.48. The molecule has 1 atom stereocenters. The van der Waals surface area contributed by atoms with Crippen LogP contribution in [0.3, 0.4) is 0 Å². The molecule has 0 fully saturated rings. The summed E-state index contributed by atoms with van der Waals surface area (Å²) in [6.07, 6.45) is 1.75. The van der Waals surface area contributed by atoms with Gasteiger partial charge in [-0.15, -0.1) is 0 Å². The zero-order valence-electron chi connectivity index (χ0n) is 11.1. The molecule has 0 aliphatic carbocycles. The highest BCUT2D eigenvalue weighted by Crippen LogP contribution is 2.33. The van der Waals surface area contributed by atoms with Gasteiger partial charge in [0, 0.05) is 9.89 Å². The summed E-state index contributed by atoms with van der Waals surface area (Å²) in [5.41, 5.74) is 2.24. The number of halogens is 1. The first-order valence-electron chi connectivity index (χ1n) is 6.61. The van der Waals surface area contributed by atoms with E-state index in [1.807, 2.05) is 30.3 Å². The van der Waals surface area contributed by atoms with Crippen LogP contribution in [-0.4, -0.2) is 11.7 Å². The van der Waals surface area contributed by atoms with Crippen molar-refractivity contribution in [2.75, 3.05) is 6.61 Å². The summed E-state index contributed by atoms with van der Waals surface area (Å²) in [6, 6.07) is 18.5. The van der Waals surface area contributed by atoms with Gasteiger partial charge in [-0.1, -0.05) is 71.4 Å². The number of rotatable bonds is 5. The monoisotopic (exact) mass is 318 g/mol. The number of hydrogen-bond donors (Lipinski definition) is 1. The van der Waals surface area contributed by atoms with Crippen molar-refractivity contribution in [3.05, 3.63) is 70.2 Å². The topological polar surface area (TPSA) is 20.2 Å². The van der Waals surface area contributed by atoms with E-state index in [0.29, 0.717) is 0 Å². The molecule has 0 aliphatic rings. The molecule has 0 radical (unpaired) electrons. The van der Waals surface area contributed by atoms with Crippen LogP contribution in [-0.2, 0) is 11.8 Å². The van der Waals surface area contributed by atoms with Gasteiger partial charge in [0.2, 0.25) is 0 Å². The highest BCUT2D eigenvalue weighted by atomic mass is 79.9. The molecule has 0 saturated heterocycles. The van der Waals surface area contributed by atoms with E-state index in [4.69, 9.17) is 0 Å². The predicted molar refractivity (Wildman–Crippen MR) is 83.3 cm³/mol. The van der Waals surface area contributed by atoms with Crippen molar-refractivity contribution in [3.8, 4) is 0 Å². The van der Waals surface area contributed by atoms with Crippen molar-refractivity contribution >= 4 is 15.9 Å². The molecule has 1 nitrogen and oxygen atoms in total.